The molecule has 1 saturated carbocycles. The molecule has 1 aromatic carbocycles. The van der Waals surface area contributed by atoms with Crippen molar-refractivity contribution in [2.45, 2.75) is 96.9 Å². The zero-order valence-corrected chi connectivity index (χ0v) is 35.8. The molecule has 57 heavy (non-hydrogen) atoms. The second-order valence-electron chi connectivity index (χ2n) is 17.8. The lowest BCUT2D eigenvalue weighted by molar-refractivity contribution is -0.916. The molecule has 0 unspecified atom stereocenters. The number of quaternary nitrogens is 2. The fraction of sp³-hybridized carbons (Fsp3) is 0.675. The third-order valence-electron chi connectivity index (χ3n) is 12.1. The minimum atomic E-state index is -3.87. The van der Waals surface area contributed by atoms with Gasteiger partial charge in [0.1, 0.15) is 31.6 Å². The molecule has 316 valence electrons. The van der Waals surface area contributed by atoms with Crippen LogP contribution in [-0.4, -0.2) is 138 Å². The van der Waals surface area contributed by atoms with Gasteiger partial charge in [0.25, 0.3) is 0 Å². The number of fused-ring (bicyclic) bond motifs is 8. The van der Waals surface area contributed by atoms with Crippen molar-refractivity contribution < 1.29 is 54.0 Å². The number of rotatable bonds is 6. The summed E-state index contributed by atoms with van der Waals surface area (Å²) in [6, 6.07) is 12.2. The maximum Gasteiger partial charge on any atom is 0.416 e. The van der Waals surface area contributed by atoms with Gasteiger partial charge in [-0.3, -0.25) is 4.90 Å². The van der Waals surface area contributed by atoms with E-state index in [0.717, 1.165) is 54.7 Å². The minimum Gasteiger partial charge on any atom is -1.00 e. The van der Waals surface area contributed by atoms with Gasteiger partial charge in [-0.1, -0.05) is 48.9 Å². The molecule has 3 aromatic rings. The van der Waals surface area contributed by atoms with E-state index in [1.54, 1.807) is 27.0 Å². The number of aliphatic hydroxyl groups excluding tert-OH is 1. The van der Waals surface area contributed by atoms with Gasteiger partial charge in [-0.15, -0.1) is 8.42 Å². The summed E-state index contributed by atoms with van der Waals surface area (Å²) >= 11 is 0. The van der Waals surface area contributed by atoms with E-state index in [-0.39, 0.29) is 47.1 Å². The summed E-state index contributed by atoms with van der Waals surface area (Å²) in [7, 11) is -3.87. The molecule has 0 amide bonds. The SMILES string of the molecule is C1C[NH+]2CCC1CC2.CC(C)(C)OC([O-])=NS(=O)(=O)[N+]12CCN(CC1)CC2.Cc1cccc(-c2cc3nccc(N[C@@H]4C[C@H](CO)[C@H]5OC(C)(C)O[C@H]54)n3n2)c1.[Cl-]. The number of hydrogen-bond donors (Lipinski definition) is 3. The molecule has 17 heteroatoms. The molecule has 15 nitrogen and oxygen atoms in total. The summed E-state index contributed by atoms with van der Waals surface area (Å²) in [4.78, 5) is 8.56. The number of hydrogen-bond acceptors (Lipinski definition) is 11. The van der Waals surface area contributed by atoms with E-state index in [0.29, 0.717) is 19.6 Å². The monoisotopic (exact) mass is 832 g/mol. The van der Waals surface area contributed by atoms with Crippen molar-refractivity contribution in [1.82, 2.24) is 19.5 Å². The van der Waals surface area contributed by atoms with Crippen LogP contribution in [0.2, 0.25) is 0 Å². The van der Waals surface area contributed by atoms with Crippen LogP contribution in [-0.2, 0) is 24.4 Å². The Hall–Kier alpha value is -3.09. The normalized spacial score (nSPS) is 31.4. The summed E-state index contributed by atoms with van der Waals surface area (Å²) < 4.78 is 46.9. The van der Waals surface area contributed by atoms with Crippen LogP contribution >= 0.6 is 0 Å². The van der Waals surface area contributed by atoms with Gasteiger partial charge >= 0.3 is 10.2 Å². The molecule has 7 aliphatic heterocycles. The van der Waals surface area contributed by atoms with E-state index >= 15 is 0 Å². The van der Waals surface area contributed by atoms with E-state index in [4.69, 9.17) is 19.3 Å². The maximum absolute atomic E-state index is 12.3. The summed E-state index contributed by atoms with van der Waals surface area (Å²) in [5.41, 5.74) is 3.19. The van der Waals surface area contributed by atoms with Crippen molar-refractivity contribution in [3.8, 4) is 11.3 Å². The van der Waals surface area contributed by atoms with E-state index < -0.39 is 27.7 Å². The Morgan fingerprint density at radius 1 is 1.07 bits per heavy atom. The van der Waals surface area contributed by atoms with Crippen molar-refractivity contribution in [3.63, 3.8) is 0 Å². The standard InChI is InChI=1S/C22H26N4O3.C11H21N3O4S.C7H13N.ClH/c1-13-5-4-6-14(9-13)16-11-19-23-8-7-18(26(19)25-16)24-17-10-15(12-27)20-21(17)29-22(2,3)28-20;1-11(2,3)18-10(15)12-19(16,17)14-7-4-13(5-8-14)6-9-14;1-4-8-5-2-7(1)3-6-8;/h4-9,11,15,17,20-21,24,27H,10,12H2,1-3H3;4-9H2,1-3H3;7H,1-6H2;1H/t15-,17-,20-,21+;;;/m1.../s1. The largest absolute Gasteiger partial charge is 1.00 e. The number of aryl methyl sites for hydroxylation is 1. The molecular formula is C40H61ClN8O7S. The van der Waals surface area contributed by atoms with Crippen molar-refractivity contribution in [1.29, 1.82) is 0 Å². The molecule has 0 spiro atoms. The number of piperazine rings is 3. The Balaban J connectivity index is 0.000000167. The van der Waals surface area contributed by atoms with Crippen LogP contribution < -0.4 is 27.7 Å². The van der Waals surface area contributed by atoms with E-state index in [1.807, 2.05) is 41.5 Å². The Kier molecular flexibility index (Phi) is 13.2. The predicted octanol–water partition coefficient (Wildman–Crippen LogP) is -1.38. The zero-order valence-electron chi connectivity index (χ0n) is 34.2. The Labute approximate surface area is 343 Å². The fourth-order valence-electron chi connectivity index (χ4n) is 9.03. The van der Waals surface area contributed by atoms with Crippen LogP contribution in [0, 0.1) is 18.8 Å². The highest BCUT2D eigenvalue weighted by Gasteiger charge is 2.54. The van der Waals surface area contributed by atoms with E-state index in [9.17, 15) is 18.6 Å². The van der Waals surface area contributed by atoms with Crippen LogP contribution in [0.1, 0.15) is 65.9 Å². The molecule has 2 aromatic heterocycles. The first kappa shape index (κ1) is 43.5. The maximum atomic E-state index is 12.3. The van der Waals surface area contributed by atoms with Gasteiger partial charge in [0.05, 0.1) is 37.5 Å². The van der Waals surface area contributed by atoms with Crippen molar-refractivity contribution in [3.05, 3.63) is 48.2 Å². The molecule has 1 aliphatic carbocycles. The quantitative estimate of drug-likeness (QED) is 0.152. The highest BCUT2D eigenvalue weighted by Crippen LogP contribution is 2.42. The molecule has 0 radical (unpaired) electrons. The molecule has 7 saturated heterocycles. The van der Waals surface area contributed by atoms with Crippen LogP contribution in [0.3, 0.4) is 0 Å². The molecular weight excluding hydrogens is 772 g/mol. The smallest absolute Gasteiger partial charge is 0.416 e. The van der Waals surface area contributed by atoms with Gasteiger partial charge in [-0.25, -0.2) is 4.98 Å². The summed E-state index contributed by atoms with van der Waals surface area (Å²) in [5.74, 6) is 1.40. The third kappa shape index (κ3) is 10.0. The molecule has 8 fully saturated rings. The lowest BCUT2D eigenvalue weighted by Gasteiger charge is -2.47. The number of piperidine rings is 3. The molecule has 4 bridgehead atoms. The fourth-order valence-corrected chi connectivity index (χ4v) is 10.4. The highest BCUT2D eigenvalue weighted by molar-refractivity contribution is 7.84. The van der Waals surface area contributed by atoms with Gasteiger partial charge in [0.15, 0.2) is 17.5 Å². The Morgan fingerprint density at radius 3 is 2.28 bits per heavy atom. The van der Waals surface area contributed by atoms with Crippen LogP contribution in [0.25, 0.3) is 16.9 Å². The minimum absolute atomic E-state index is 0. The number of aromatic nitrogens is 3. The van der Waals surface area contributed by atoms with Gasteiger partial charge < -0.3 is 47.0 Å². The lowest BCUT2D eigenvalue weighted by atomic mass is 9.89. The molecule has 11 rings (SSSR count). The van der Waals surface area contributed by atoms with Crippen LogP contribution in [0.15, 0.2) is 47.0 Å². The number of nitrogens with zero attached hydrogens (tertiary/aromatic N) is 6. The molecule has 9 heterocycles. The van der Waals surface area contributed by atoms with Crippen molar-refractivity contribution >= 4 is 27.8 Å². The zero-order chi connectivity index (χ0) is 39.9. The van der Waals surface area contributed by atoms with Gasteiger partial charge in [0.2, 0.25) is 0 Å². The average molecular weight is 833 g/mol. The summed E-state index contributed by atoms with van der Waals surface area (Å²) in [5, 5.41) is 29.8. The highest BCUT2D eigenvalue weighted by atomic mass is 35.5. The Morgan fingerprint density at radius 2 is 1.72 bits per heavy atom. The number of anilines is 1. The number of benzene rings is 1. The van der Waals surface area contributed by atoms with Crippen LogP contribution in [0.4, 0.5) is 5.82 Å². The van der Waals surface area contributed by atoms with Crippen LogP contribution in [0.5, 0.6) is 0 Å². The third-order valence-corrected chi connectivity index (χ3v) is 14.0. The summed E-state index contributed by atoms with van der Waals surface area (Å²) in [6.07, 6.45) is 5.89. The molecule has 4 atom stereocenters. The Bertz CT molecular complexity index is 1940. The second-order valence-corrected chi connectivity index (χ2v) is 19.7. The lowest BCUT2D eigenvalue weighted by Crippen LogP contribution is -3.14. The van der Waals surface area contributed by atoms with Crippen molar-refractivity contribution in [2.75, 3.05) is 70.8 Å². The van der Waals surface area contributed by atoms with Crippen molar-refractivity contribution in [2.24, 2.45) is 16.2 Å². The summed E-state index contributed by atoms with van der Waals surface area (Å²) in [6.45, 7) is 19.2. The first-order valence-corrected chi connectivity index (χ1v) is 21.7. The number of ether oxygens (including phenoxy) is 3. The van der Waals surface area contributed by atoms with Gasteiger partial charge in [-0.2, -0.15) is 13.5 Å². The molecule has 3 N–H and O–H groups in total. The first-order valence-electron chi connectivity index (χ1n) is 20.3. The number of aliphatic hydroxyl groups is 1. The molecule has 8 aliphatic rings. The average Bonchev–Trinajstić information content (AvgIpc) is 3.84. The predicted molar refractivity (Wildman–Crippen MR) is 211 cm³/mol. The van der Waals surface area contributed by atoms with E-state index in [1.165, 1.54) is 44.5 Å². The number of halogens is 1. The van der Waals surface area contributed by atoms with E-state index in [2.05, 4.69) is 44.7 Å². The second kappa shape index (κ2) is 17.3. The topological polar surface area (TPSA) is 167 Å². The number of nitrogens with one attached hydrogen (secondary N) is 2. The first-order chi connectivity index (χ1) is 26.5. The van der Waals surface area contributed by atoms with Gasteiger partial charge in [-0.05, 0) is 64.5 Å². The van der Waals surface area contributed by atoms with Gasteiger partial charge in [0, 0.05) is 55.6 Å².